The number of ether oxygens (including phenoxy) is 2. The molecule has 0 spiro atoms. The molecule has 0 N–H and O–H groups in total. The third-order valence-corrected chi connectivity index (χ3v) is 3.26. The van der Waals surface area contributed by atoms with E-state index in [2.05, 4.69) is 39.5 Å². The smallest absolute Gasteiger partial charge is 0.101 e. The van der Waals surface area contributed by atoms with Crippen molar-refractivity contribution in [3.8, 4) is 0 Å². The molecule has 0 aromatic heterocycles. The van der Waals surface area contributed by atoms with Gasteiger partial charge >= 0.3 is 0 Å². The van der Waals surface area contributed by atoms with Crippen LogP contribution in [0, 0.1) is 0 Å². The van der Waals surface area contributed by atoms with E-state index in [-0.39, 0.29) is 11.1 Å². The van der Waals surface area contributed by atoms with E-state index in [0.717, 1.165) is 13.2 Å². The van der Waals surface area contributed by atoms with Crippen molar-refractivity contribution >= 4 is 0 Å². The zero-order chi connectivity index (χ0) is 11.7. The Hall–Kier alpha value is -0.120. The molecule has 0 saturated carbocycles. The van der Waals surface area contributed by atoms with E-state index in [1.54, 1.807) is 7.11 Å². The predicted octanol–water partition coefficient (Wildman–Crippen LogP) is 1.91. The normalized spacial score (nSPS) is 33.0. The highest BCUT2D eigenvalue weighted by Crippen LogP contribution is 2.26. The van der Waals surface area contributed by atoms with Gasteiger partial charge in [0.2, 0.25) is 0 Å². The van der Waals surface area contributed by atoms with Crippen LogP contribution in [0.4, 0.5) is 0 Å². The molecule has 0 aliphatic carbocycles. The van der Waals surface area contributed by atoms with Gasteiger partial charge in [0.25, 0.3) is 0 Å². The largest absolute Gasteiger partial charge is 0.377 e. The highest BCUT2D eigenvalue weighted by atomic mass is 16.5. The molecular formula is C12H25NO2. The first-order chi connectivity index (χ1) is 6.81. The third-order valence-electron chi connectivity index (χ3n) is 3.26. The summed E-state index contributed by atoms with van der Waals surface area (Å²) in [7, 11) is 1.76. The van der Waals surface area contributed by atoms with Crippen LogP contribution in [0.25, 0.3) is 0 Å². The summed E-state index contributed by atoms with van der Waals surface area (Å²) >= 11 is 0. The van der Waals surface area contributed by atoms with Gasteiger partial charge in [-0.3, -0.25) is 4.90 Å². The van der Waals surface area contributed by atoms with Crippen molar-refractivity contribution in [2.45, 2.75) is 51.8 Å². The molecule has 0 radical (unpaired) electrons. The second-order valence-electron chi connectivity index (χ2n) is 5.68. The molecule has 1 saturated heterocycles. The lowest BCUT2D eigenvalue weighted by Crippen LogP contribution is -2.54. The van der Waals surface area contributed by atoms with Gasteiger partial charge in [0.1, 0.15) is 5.60 Å². The van der Waals surface area contributed by atoms with Crippen LogP contribution in [0.3, 0.4) is 0 Å². The van der Waals surface area contributed by atoms with Gasteiger partial charge in [-0.1, -0.05) is 0 Å². The summed E-state index contributed by atoms with van der Waals surface area (Å²) < 4.78 is 11.3. The Kier molecular flexibility index (Phi) is 3.80. The van der Waals surface area contributed by atoms with Crippen molar-refractivity contribution in [2.75, 3.05) is 26.9 Å². The van der Waals surface area contributed by atoms with Crippen molar-refractivity contribution in [3.63, 3.8) is 0 Å². The quantitative estimate of drug-likeness (QED) is 0.702. The first kappa shape index (κ1) is 12.9. The number of methoxy groups -OCH3 is 1. The van der Waals surface area contributed by atoms with E-state index in [9.17, 15) is 0 Å². The summed E-state index contributed by atoms with van der Waals surface area (Å²) in [6, 6.07) is 0.510. The maximum absolute atomic E-state index is 5.73. The van der Waals surface area contributed by atoms with Crippen LogP contribution in [0.1, 0.15) is 34.6 Å². The van der Waals surface area contributed by atoms with Crippen LogP contribution in [0.2, 0.25) is 0 Å². The Bertz CT molecular complexity index is 216. The van der Waals surface area contributed by atoms with Crippen molar-refractivity contribution in [1.82, 2.24) is 4.90 Å². The highest BCUT2D eigenvalue weighted by Gasteiger charge is 2.39. The molecule has 0 amide bonds. The van der Waals surface area contributed by atoms with E-state index >= 15 is 0 Å². The van der Waals surface area contributed by atoms with Gasteiger partial charge in [-0.2, -0.15) is 0 Å². The van der Waals surface area contributed by atoms with E-state index < -0.39 is 0 Å². The first-order valence-corrected chi connectivity index (χ1v) is 5.70. The fraction of sp³-hybridized carbons (Fsp3) is 1.00. The average Bonchev–Trinajstić information content (AvgIpc) is 2.24. The zero-order valence-electron chi connectivity index (χ0n) is 11.0. The van der Waals surface area contributed by atoms with Crippen molar-refractivity contribution in [2.24, 2.45) is 0 Å². The number of rotatable bonds is 2. The fourth-order valence-corrected chi connectivity index (χ4v) is 2.22. The summed E-state index contributed by atoms with van der Waals surface area (Å²) in [4.78, 5) is 2.46. The fourth-order valence-electron chi connectivity index (χ4n) is 2.22. The minimum absolute atomic E-state index is 0.0878. The average molecular weight is 215 g/mol. The molecule has 1 aliphatic rings. The molecule has 1 rings (SSSR count). The van der Waals surface area contributed by atoms with Crippen molar-refractivity contribution in [3.05, 3.63) is 0 Å². The zero-order valence-corrected chi connectivity index (χ0v) is 11.0. The van der Waals surface area contributed by atoms with Crippen LogP contribution < -0.4 is 0 Å². The summed E-state index contributed by atoms with van der Waals surface area (Å²) in [5, 5.41) is 0. The molecule has 15 heavy (non-hydrogen) atoms. The Morgan fingerprint density at radius 1 is 1.20 bits per heavy atom. The summed E-state index contributed by atoms with van der Waals surface area (Å²) in [5.74, 6) is 0. The Balaban J connectivity index is 2.86. The maximum atomic E-state index is 5.73. The molecule has 1 unspecified atom stereocenters. The summed E-state index contributed by atoms with van der Waals surface area (Å²) in [5.41, 5.74) is -0.0947. The van der Waals surface area contributed by atoms with Crippen LogP contribution in [-0.2, 0) is 9.47 Å². The maximum Gasteiger partial charge on any atom is 0.101 e. The summed E-state index contributed by atoms with van der Waals surface area (Å²) in [6.07, 6.45) is 0. The SMILES string of the molecule is COC1(C)COCC(C)(C)N(C(C)C)C1. The second-order valence-corrected chi connectivity index (χ2v) is 5.68. The van der Waals surface area contributed by atoms with Gasteiger partial charge in [-0.25, -0.2) is 0 Å². The Morgan fingerprint density at radius 2 is 1.80 bits per heavy atom. The number of hydrogen-bond donors (Lipinski definition) is 0. The standard InChI is InChI=1S/C12H25NO2/c1-10(2)13-7-12(5,14-6)9-15-8-11(13,3)4/h10H,7-9H2,1-6H3. The molecule has 1 aliphatic heterocycles. The highest BCUT2D eigenvalue weighted by molar-refractivity contribution is 4.92. The number of nitrogens with zero attached hydrogens (tertiary/aromatic N) is 1. The van der Waals surface area contributed by atoms with Crippen LogP contribution in [-0.4, -0.2) is 49.0 Å². The molecule has 3 heteroatoms. The lowest BCUT2D eigenvalue weighted by Gasteiger charge is -2.42. The van der Waals surface area contributed by atoms with Gasteiger partial charge in [0, 0.05) is 25.2 Å². The van der Waals surface area contributed by atoms with Gasteiger partial charge in [-0.15, -0.1) is 0 Å². The Labute approximate surface area is 93.7 Å². The van der Waals surface area contributed by atoms with Gasteiger partial charge in [0.05, 0.1) is 13.2 Å². The van der Waals surface area contributed by atoms with Gasteiger partial charge < -0.3 is 9.47 Å². The molecular weight excluding hydrogens is 190 g/mol. The minimum Gasteiger partial charge on any atom is -0.377 e. The van der Waals surface area contributed by atoms with Crippen molar-refractivity contribution in [1.29, 1.82) is 0 Å². The molecule has 0 aromatic carbocycles. The van der Waals surface area contributed by atoms with Crippen molar-refractivity contribution < 1.29 is 9.47 Å². The Morgan fingerprint density at radius 3 is 2.27 bits per heavy atom. The molecule has 0 aromatic rings. The number of hydrogen-bond acceptors (Lipinski definition) is 3. The van der Waals surface area contributed by atoms with Crippen LogP contribution in [0.15, 0.2) is 0 Å². The molecule has 0 bridgehead atoms. The van der Waals surface area contributed by atoms with Gasteiger partial charge in [0.15, 0.2) is 0 Å². The lowest BCUT2D eigenvalue weighted by molar-refractivity contribution is -0.0578. The second kappa shape index (κ2) is 4.40. The predicted molar refractivity (Wildman–Crippen MR) is 62.2 cm³/mol. The molecule has 1 atom stereocenters. The molecule has 1 fully saturated rings. The molecule has 3 nitrogen and oxygen atoms in total. The van der Waals surface area contributed by atoms with Crippen LogP contribution >= 0.6 is 0 Å². The van der Waals surface area contributed by atoms with Crippen LogP contribution in [0.5, 0.6) is 0 Å². The third kappa shape index (κ3) is 2.92. The first-order valence-electron chi connectivity index (χ1n) is 5.70. The molecule has 90 valence electrons. The topological polar surface area (TPSA) is 21.7 Å². The van der Waals surface area contributed by atoms with E-state index in [0.29, 0.717) is 12.6 Å². The van der Waals surface area contributed by atoms with E-state index in [4.69, 9.17) is 9.47 Å². The lowest BCUT2D eigenvalue weighted by atomic mass is 9.99. The minimum atomic E-state index is -0.183. The van der Waals surface area contributed by atoms with Gasteiger partial charge in [-0.05, 0) is 34.6 Å². The molecule has 1 heterocycles. The van der Waals surface area contributed by atoms with E-state index in [1.165, 1.54) is 0 Å². The monoisotopic (exact) mass is 215 g/mol. The van der Waals surface area contributed by atoms with E-state index in [1.807, 2.05) is 0 Å². The summed E-state index contributed by atoms with van der Waals surface area (Å²) in [6.45, 7) is 13.4.